The molecule has 0 unspecified atom stereocenters. The van der Waals surface area contributed by atoms with Crippen LogP contribution in [-0.4, -0.2) is 17.2 Å². The third kappa shape index (κ3) is 9.19. The zero-order chi connectivity index (χ0) is 40.1. The molecule has 0 aliphatic heterocycles. The zero-order valence-electron chi connectivity index (χ0n) is 29.9. The summed E-state index contributed by atoms with van der Waals surface area (Å²) < 4.78 is 24.9. The Morgan fingerprint density at radius 3 is 1.02 bits per heavy atom. The van der Waals surface area contributed by atoms with Crippen molar-refractivity contribution in [3.63, 3.8) is 0 Å². The van der Waals surface area contributed by atoms with Crippen LogP contribution in [0.5, 0.6) is 0 Å². The van der Waals surface area contributed by atoms with E-state index in [0.29, 0.717) is 20.5 Å². The van der Waals surface area contributed by atoms with Crippen LogP contribution in [0.25, 0.3) is 88.1 Å². The maximum absolute atomic E-state index is 8.63. The van der Waals surface area contributed by atoms with E-state index in [1.807, 2.05) is 72.8 Å². The second kappa shape index (κ2) is 17.9. The van der Waals surface area contributed by atoms with Gasteiger partial charge in [0.25, 0.3) is 0 Å². The first kappa shape index (κ1) is 43.1. The topological polar surface area (TPSA) is 93.0 Å². The number of furan rings is 4. The van der Waals surface area contributed by atoms with Gasteiger partial charge < -0.3 is 27.7 Å². The highest BCUT2D eigenvalue weighted by atomic mass is 79.9. The summed E-state index contributed by atoms with van der Waals surface area (Å²) in [6.45, 7) is 0. The minimum Gasteiger partial charge on any atom is -0.456 e. The number of hydrogen-bond donors (Lipinski definition) is 2. The van der Waals surface area contributed by atoms with E-state index in [4.69, 9.17) is 62.5 Å². The molecular weight excluding hydrogens is 950 g/mol. The summed E-state index contributed by atoms with van der Waals surface area (Å²) >= 11 is 24.3. The molecule has 0 saturated carbocycles. The van der Waals surface area contributed by atoms with Crippen molar-refractivity contribution in [3.8, 4) is 22.6 Å². The summed E-state index contributed by atoms with van der Waals surface area (Å²) in [5.41, 5.74) is 5.89. The van der Waals surface area contributed by atoms with Gasteiger partial charge in [-0.25, -0.2) is 0 Å². The Morgan fingerprint density at radius 1 is 0.367 bits per heavy atom. The van der Waals surface area contributed by atoms with Gasteiger partial charge in [0, 0.05) is 47.7 Å². The fourth-order valence-electron chi connectivity index (χ4n) is 6.73. The van der Waals surface area contributed by atoms with Crippen LogP contribution in [0.15, 0.2) is 173 Å². The molecule has 0 atom stereocenters. The predicted octanol–water partition coefficient (Wildman–Crippen LogP) is 16.1. The van der Waals surface area contributed by atoms with Gasteiger partial charge in [-0.15, -0.1) is 0 Å². The summed E-state index contributed by atoms with van der Waals surface area (Å²) in [4.78, 5) is 0. The summed E-state index contributed by atoms with van der Waals surface area (Å²) in [5.74, 6) is 1.65. The van der Waals surface area contributed by atoms with Gasteiger partial charge in [0.1, 0.15) is 33.9 Å². The van der Waals surface area contributed by atoms with Crippen LogP contribution in [-0.2, 0) is 0 Å². The lowest BCUT2D eigenvalue weighted by Crippen LogP contribution is -2.29. The van der Waals surface area contributed by atoms with Gasteiger partial charge in [-0.3, -0.25) is 0 Å². The zero-order valence-corrected chi connectivity index (χ0v) is 35.3. The smallest absolute Gasteiger partial charge is 0.456 e. The van der Waals surface area contributed by atoms with Crippen molar-refractivity contribution in [1.82, 2.24) is 0 Å². The molecule has 0 aliphatic carbocycles. The molecule has 0 radical (unpaired) electrons. The van der Waals surface area contributed by atoms with Gasteiger partial charge in [-0.1, -0.05) is 61.8 Å². The maximum atomic E-state index is 8.63. The van der Waals surface area contributed by atoms with Crippen LogP contribution in [0.1, 0.15) is 14.9 Å². The SMILES string of the molecule is Brc1cc2cc3cc4cc(Br)oc4cc3cc2o1.C.C.Clc1ccc(-c2cc3cc4cc5cc(-c6ccc(Cl)cc6)oc5cc4cc3o2)cc1.OB(O)c1ccc(Cl)cc1. The number of hydrogen-bond acceptors (Lipinski definition) is 6. The van der Waals surface area contributed by atoms with Crippen molar-refractivity contribution < 1.29 is 27.7 Å². The monoisotopic (exact) mass is 980 g/mol. The van der Waals surface area contributed by atoms with E-state index >= 15 is 0 Å². The predicted molar refractivity (Wildman–Crippen MR) is 258 cm³/mol. The second-order valence-electron chi connectivity index (χ2n) is 13.5. The van der Waals surface area contributed by atoms with Crippen molar-refractivity contribution in [3.05, 3.63) is 170 Å². The second-order valence-corrected chi connectivity index (χ2v) is 16.4. The lowest BCUT2D eigenvalue weighted by Gasteiger charge is -1.98. The van der Waals surface area contributed by atoms with Gasteiger partial charge in [-0.2, -0.15) is 0 Å². The van der Waals surface area contributed by atoms with Crippen molar-refractivity contribution in [2.75, 3.05) is 0 Å². The standard InChI is InChI=1S/C26H14Cl2O2.C14H6Br2O2.C6H6BClO2.2CH4/c27-21-5-1-15(2-6-21)23-13-19-9-17-10-20-14-24(16-3-7-22(28)8-4-16)30-26(20)12-18(17)11-25(19)29-23;15-13-5-9-1-7-2-10-6-14(16)18-12(10)4-8(7)3-11(9)17-13;8-6-3-1-5(2-4-6)7(9)10;;/h1-14H;1-6H;1-4,9-10H;2*1H4. The summed E-state index contributed by atoms with van der Waals surface area (Å²) in [6, 6.07) is 46.5. The van der Waals surface area contributed by atoms with Crippen molar-refractivity contribution in [1.29, 1.82) is 0 Å². The van der Waals surface area contributed by atoms with Crippen molar-refractivity contribution >= 4 is 145 Å². The van der Waals surface area contributed by atoms with Gasteiger partial charge in [0.05, 0.1) is 0 Å². The Kier molecular flexibility index (Phi) is 12.9. The highest BCUT2D eigenvalue weighted by Crippen LogP contribution is 2.36. The molecule has 0 spiro atoms. The lowest BCUT2D eigenvalue weighted by atomic mass is 9.81. The minimum atomic E-state index is -1.41. The van der Waals surface area contributed by atoms with Crippen LogP contribution < -0.4 is 5.46 Å². The highest BCUT2D eigenvalue weighted by Gasteiger charge is 2.13. The molecule has 11 rings (SSSR count). The molecule has 12 heteroatoms. The van der Waals surface area contributed by atoms with Crippen molar-refractivity contribution in [2.24, 2.45) is 0 Å². The third-order valence-electron chi connectivity index (χ3n) is 9.59. The van der Waals surface area contributed by atoms with Gasteiger partial charge >= 0.3 is 7.12 Å². The molecule has 4 heterocycles. The Hall–Kier alpha value is -4.97. The molecule has 0 aliphatic rings. The quantitative estimate of drug-likeness (QED) is 0.171. The molecule has 300 valence electrons. The molecular formula is C48H34BBr2Cl3O6. The van der Waals surface area contributed by atoms with Crippen LogP contribution in [0.4, 0.5) is 0 Å². The average molecular weight is 984 g/mol. The summed E-state index contributed by atoms with van der Waals surface area (Å²) in [7, 11) is -1.41. The molecule has 0 bridgehead atoms. The normalized spacial score (nSPS) is 11.0. The lowest BCUT2D eigenvalue weighted by molar-refractivity contribution is 0.426. The number of benzene rings is 7. The molecule has 11 aromatic rings. The number of rotatable bonds is 3. The molecule has 6 nitrogen and oxygen atoms in total. The third-order valence-corrected chi connectivity index (χ3v) is 11.1. The van der Waals surface area contributed by atoms with Crippen LogP contribution >= 0.6 is 66.7 Å². The van der Waals surface area contributed by atoms with Gasteiger partial charge in [0.2, 0.25) is 0 Å². The molecule has 0 fully saturated rings. The minimum absolute atomic E-state index is 0. The van der Waals surface area contributed by atoms with E-state index in [2.05, 4.69) is 80.4 Å². The van der Waals surface area contributed by atoms with Crippen molar-refractivity contribution in [2.45, 2.75) is 14.9 Å². The molecule has 0 amide bonds. The Labute approximate surface area is 377 Å². The van der Waals surface area contributed by atoms with Crippen LogP contribution in [0, 0.1) is 0 Å². The maximum Gasteiger partial charge on any atom is 0.488 e. The first-order valence-corrected chi connectivity index (χ1v) is 20.5. The molecule has 0 saturated heterocycles. The fraction of sp³-hybridized carbons (Fsp3) is 0.0417. The largest absolute Gasteiger partial charge is 0.488 e. The molecule has 4 aromatic heterocycles. The van der Waals surface area contributed by atoms with E-state index in [0.717, 1.165) is 92.0 Å². The van der Waals surface area contributed by atoms with Crippen LogP contribution in [0.2, 0.25) is 15.1 Å². The summed E-state index contributed by atoms with van der Waals surface area (Å²) in [5, 5.41) is 28.1. The van der Waals surface area contributed by atoms with E-state index < -0.39 is 7.12 Å². The molecule has 60 heavy (non-hydrogen) atoms. The van der Waals surface area contributed by atoms with E-state index in [1.54, 1.807) is 24.3 Å². The van der Waals surface area contributed by atoms with Gasteiger partial charge in [-0.05, 0) is 192 Å². The average Bonchev–Trinajstić information content (AvgIpc) is 3.99. The first-order chi connectivity index (χ1) is 28.0. The highest BCUT2D eigenvalue weighted by molar-refractivity contribution is 9.10. The number of fused-ring (bicyclic) bond motifs is 6. The first-order valence-electron chi connectivity index (χ1n) is 17.8. The van der Waals surface area contributed by atoms with E-state index in [1.165, 1.54) is 5.39 Å². The van der Waals surface area contributed by atoms with Crippen LogP contribution in [0.3, 0.4) is 0 Å². The van der Waals surface area contributed by atoms with E-state index in [-0.39, 0.29) is 14.9 Å². The fourth-order valence-corrected chi connectivity index (χ4v) is 7.95. The Morgan fingerprint density at radius 2 is 0.667 bits per heavy atom. The van der Waals surface area contributed by atoms with E-state index in [9.17, 15) is 0 Å². The molecule has 2 N–H and O–H groups in total. The van der Waals surface area contributed by atoms with Gasteiger partial charge in [0.15, 0.2) is 9.34 Å². The molecule has 7 aromatic carbocycles. The summed E-state index contributed by atoms with van der Waals surface area (Å²) in [6.07, 6.45) is 0. The number of halogens is 5. The Bertz CT molecular complexity index is 2930. The Balaban J connectivity index is 0.000000154.